The van der Waals surface area contributed by atoms with E-state index in [2.05, 4.69) is 8.83 Å². The largest absolute Gasteiger partial charge is 0.481 e. The first-order valence-electron chi connectivity index (χ1n) is 6.85. The molecule has 0 aromatic carbocycles. The summed E-state index contributed by atoms with van der Waals surface area (Å²) in [6.07, 6.45) is -3.99. The lowest BCUT2D eigenvalue weighted by molar-refractivity contribution is -0.0619. The van der Waals surface area contributed by atoms with Crippen LogP contribution in [0.25, 0.3) is 0 Å². The highest BCUT2D eigenvalue weighted by Gasteiger charge is 2.46. The van der Waals surface area contributed by atoms with Gasteiger partial charge in [-0.2, -0.15) is 4.31 Å². The molecule has 0 aliphatic carbocycles. The summed E-state index contributed by atoms with van der Waals surface area (Å²) in [5.41, 5.74) is -1.51. The van der Waals surface area contributed by atoms with Crippen LogP contribution < -0.4 is 11.2 Å². The third-order valence-electron chi connectivity index (χ3n) is 3.32. The number of hydrogen-bond acceptors (Lipinski definition) is 9. The number of rotatable bonds is 7. The molecule has 1 aliphatic heterocycles. The first kappa shape index (κ1) is 21.1. The molecule has 1 saturated heterocycles. The van der Waals surface area contributed by atoms with Crippen molar-refractivity contribution in [3.8, 4) is 0 Å². The zero-order chi connectivity index (χ0) is 19.7. The Morgan fingerprint density at radius 2 is 1.96 bits per heavy atom. The van der Waals surface area contributed by atoms with Crippen LogP contribution in [0.4, 0.5) is 0 Å². The minimum atomic E-state index is -5.30. The lowest BCUT2D eigenvalue weighted by Gasteiger charge is -2.19. The maximum Gasteiger partial charge on any atom is 0.481 e. The number of phosphoric acid groups is 2. The molecular formula is C10H16N2O12P2. The molecule has 0 radical (unpaired) electrons. The Kier molecular flexibility index (Phi) is 6.36. The van der Waals surface area contributed by atoms with Gasteiger partial charge in [0.1, 0.15) is 18.3 Å². The highest BCUT2D eigenvalue weighted by atomic mass is 31.3. The summed E-state index contributed by atoms with van der Waals surface area (Å²) in [5, 5.41) is 10.2. The van der Waals surface area contributed by atoms with Gasteiger partial charge in [-0.05, 0) is 0 Å². The molecule has 1 aromatic heterocycles. The fourth-order valence-electron chi connectivity index (χ4n) is 2.29. The molecule has 2 rings (SSSR count). The smallest absolute Gasteiger partial charge is 0.387 e. The van der Waals surface area contributed by atoms with Crippen LogP contribution in [-0.4, -0.2) is 61.4 Å². The van der Waals surface area contributed by atoms with E-state index in [4.69, 9.17) is 19.3 Å². The molecule has 26 heavy (non-hydrogen) atoms. The molecule has 1 aliphatic rings. The first-order valence-corrected chi connectivity index (χ1v) is 9.88. The van der Waals surface area contributed by atoms with Crippen molar-refractivity contribution in [3.63, 3.8) is 0 Å². The first-order chi connectivity index (χ1) is 11.9. The van der Waals surface area contributed by atoms with E-state index in [0.29, 0.717) is 0 Å². The molecule has 5 atom stereocenters. The maximum atomic E-state index is 11.8. The van der Waals surface area contributed by atoms with Gasteiger partial charge < -0.3 is 29.3 Å². The third kappa shape index (κ3) is 5.18. The number of ether oxygens (including phenoxy) is 2. The number of methoxy groups -OCH3 is 1. The minimum absolute atomic E-state index is 0.658. The summed E-state index contributed by atoms with van der Waals surface area (Å²) in [5.74, 6) is 0. The SMILES string of the molecule is CO[C@@H]1[C@H](O)[C@@H](COP(=O)(O)OP(=O)(O)O)O[C@H]1n1ccc(=O)[nH]c1=O. The molecule has 0 spiro atoms. The number of nitrogens with one attached hydrogen (secondary N) is 1. The van der Waals surface area contributed by atoms with Gasteiger partial charge in [0.05, 0.1) is 6.61 Å². The van der Waals surface area contributed by atoms with Gasteiger partial charge in [-0.3, -0.25) is 18.9 Å². The standard InChI is InChI=1S/C10H16N2O12P2/c1-21-8-7(14)5(4-22-26(19,20)24-25(16,17)18)23-9(8)12-3-2-6(13)11-10(12)15/h2-3,5,7-9,14H,4H2,1H3,(H,19,20)(H,11,13,15)(H2,16,17,18)/t5-,7-,8-,9-/m1/s1. The van der Waals surface area contributed by atoms with Crippen molar-refractivity contribution in [1.29, 1.82) is 0 Å². The lowest BCUT2D eigenvalue weighted by atomic mass is 10.1. The second-order valence-electron chi connectivity index (χ2n) is 5.11. The van der Waals surface area contributed by atoms with Crippen LogP contribution in [-0.2, 0) is 27.4 Å². The van der Waals surface area contributed by atoms with Gasteiger partial charge in [0, 0.05) is 19.4 Å². The second-order valence-corrected chi connectivity index (χ2v) is 7.94. The molecule has 5 N–H and O–H groups in total. The average molecular weight is 418 g/mol. The van der Waals surface area contributed by atoms with Gasteiger partial charge in [-0.25, -0.2) is 13.9 Å². The molecule has 14 nitrogen and oxygen atoms in total. The van der Waals surface area contributed by atoms with Crippen LogP contribution in [0.1, 0.15) is 6.23 Å². The van der Waals surface area contributed by atoms with Crippen LogP contribution in [0.3, 0.4) is 0 Å². The van der Waals surface area contributed by atoms with Crippen molar-refractivity contribution in [2.24, 2.45) is 0 Å². The molecule has 0 amide bonds. The van der Waals surface area contributed by atoms with Gasteiger partial charge >= 0.3 is 21.3 Å². The number of hydrogen-bond donors (Lipinski definition) is 5. The number of aromatic amines is 1. The van der Waals surface area contributed by atoms with Crippen molar-refractivity contribution in [1.82, 2.24) is 9.55 Å². The maximum absolute atomic E-state index is 11.8. The van der Waals surface area contributed by atoms with E-state index in [1.165, 1.54) is 7.11 Å². The van der Waals surface area contributed by atoms with Crippen LogP contribution in [0.2, 0.25) is 0 Å². The highest BCUT2D eigenvalue weighted by Crippen LogP contribution is 2.57. The third-order valence-corrected chi connectivity index (χ3v) is 5.47. The lowest BCUT2D eigenvalue weighted by Crippen LogP contribution is -2.38. The van der Waals surface area contributed by atoms with Crippen molar-refractivity contribution < 1.29 is 47.2 Å². The Hall–Kier alpha value is -1.18. The Balaban J connectivity index is 2.15. The summed E-state index contributed by atoms with van der Waals surface area (Å²) in [4.78, 5) is 51.2. The number of H-pyrrole nitrogens is 1. The van der Waals surface area contributed by atoms with E-state index in [9.17, 15) is 28.7 Å². The van der Waals surface area contributed by atoms with E-state index in [1.54, 1.807) is 0 Å². The second kappa shape index (κ2) is 7.82. The van der Waals surface area contributed by atoms with Crippen molar-refractivity contribution in [3.05, 3.63) is 33.1 Å². The van der Waals surface area contributed by atoms with Gasteiger partial charge in [-0.15, -0.1) is 0 Å². The fourth-order valence-corrected chi connectivity index (χ4v) is 3.89. The molecule has 0 bridgehead atoms. The van der Waals surface area contributed by atoms with Crippen LogP contribution >= 0.6 is 15.6 Å². The Bertz CT molecular complexity index is 845. The van der Waals surface area contributed by atoms with Gasteiger partial charge in [-0.1, -0.05) is 0 Å². The summed E-state index contributed by atoms with van der Waals surface area (Å²) >= 11 is 0. The Labute approximate surface area is 144 Å². The quantitative estimate of drug-likeness (QED) is 0.306. The van der Waals surface area contributed by atoms with Gasteiger partial charge in [0.15, 0.2) is 6.23 Å². The monoisotopic (exact) mass is 418 g/mol. The van der Waals surface area contributed by atoms with Gasteiger partial charge in [0.25, 0.3) is 5.56 Å². The summed E-state index contributed by atoms with van der Waals surface area (Å²) in [6, 6.07) is 1.03. The molecule has 1 aromatic rings. The molecule has 2 heterocycles. The number of nitrogens with zero attached hydrogens (tertiary/aromatic N) is 1. The highest BCUT2D eigenvalue weighted by molar-refractivity contribution is 7.60. The number of aromatic nitrogens is 2. The topological polar surface area (TPSA) is 207 Å². The average Bonchev–Trinajstić information content (AvgIpc) is 2.79. The van der Waals surface area contributed by atoms with Crippen LogP contribution in [0.15, 0.2) is 21.9 Å². The summed E-state index contributed by atoms with van der Waals surface area (Å²) < 4.78 is 41.4. The van der Waals surface area contributed by atoms with E-state index >= 15 is 0 Å². The number of phosphoric ester groups is 1. The van der Waals surface area contributed by atoms with E-state index < -0.39 is 58.0 Å². The van der Waals surface area contributed by atoms with Gasteiger partial charge in [0.2, 0.25) is 0 Å². The molecule has 0 saturated carbocycles. The van der Waals surface area contributed by atoms with Crippen LogP contribution in [0, 0.1) is 0 Å². The van der Waals surface area contributed by atoms with Crippen molar-refractivity contribution in [2.45, 2.75) is 24.5 Å². The number of aliphatic hydroxyl groups excluding tert-OH is 1. The molecule has 148 valence electrons. The fraction of sp³-hybridized carbons (Fsp3) is 0.600. The summed E-state index contributed by atoms with van der Waals surface area (Å²) in [6.45, 7) is -0.816. The van der Waals surface area contributed by atoms with E-state index in [1.807, 2.05) is 4.98 Å². The molecular weight excluding hydrogens is 402 g/mol. The minimum Gasteiger partial charge on any atom is -0.387 e. The molecule has 1 unspecified atom stereocenters. The zero-order valence-corrected chi connectivity index (χ0v) is 14.9. The predicted octanol–water partition coefficient (Wildman–Crippen LogP) is -1.96. The van der Waals surface area contributed by atoms with E-state index in [-0.39, 0.29) is 0 Å². The van der Waals surface area contributed by atoms with Crippen LogP contribution in [0.5, 0.6) is 0 Å². The summed E-state index contributed by atoms with van der Waals surface area (Å²) in [7, 11) is -9.23. The Morgan fingerprint density at radius 1 is 1.31 bits per heavy atom. The Morgan fingerprint density at radius 3 is 2.50 bits per heavy atom. The zero-order valence-electron chi connectivity index (χ0n) is 13.1. The predicted molar refractivity (Wildman–Crippen MR) is 80.9 cm³/mol. The normalized spacial score (nSPS) is 28.8. The molecule has 1 fully saturated rings. The number of aliphatic hydroxyl groups is 1. The van der Waals surface area contributed by atoms with E-state index in [0.717, 1.165) is 16.8 Å². The van der Waals surface area contributed by atoms with Crippen molar-refractivity contribution in [2.75, 3.05) is 13.7 Å². The molecule has 16 heteroatoms. The van der Waals surface area contributed by atoms with Crippen molar-refractivity contribution >= 4 is 15.6 Å².